The first-order valence-electron chi connectivity index (χ1n) is 7.99. The molecule has 2 saturated heterocycles. The van der Waals surface area contributed by atoms with Gasteiger partial charge in [-0.3, -0.25) is 9.69 Å². The van der Waals surface area contributed by atoms with Gasteiger partial charge in [-0.05, 0) is 25.5 Å². The number of nitrogens with zero attached hydrogens (tertiary/aromatic N) is 3. The van der Waals surface area contributed by atoms with Crippen LogP contribution in [0.15, 0.2) is 30.3 Å². The van der Waals surface area contributed by atoms with E-state index in [0.717, 1.165) is 52.1 Å². The Morgan fingerprint density at radius 3 is 2.48 bits per heavy atom. The molecule has 0 radical (unpaired) electrons. The van der Waals surface area contributed by atoms with E-state index in [4.69, 9.17) is 0 Å². The third-order valence-electron chi connectivity index (χ3n) is 4.76. The van der Waals surface area contributed by atoms with Gasteiger partial charge in [0.1, 0.15) is 0 Å². The van der Waals surface area contributed by atoms with Crippen LogP contribution in [0.25, 0.3) is 0 Å². The predicted molar refractivity (Wildman–Crippen MR) is 84.2 cm³/mol. The third-order valence-corrected chi connectivity index (χ3v) is 4.76. The van der Waals surface area contributed by atoms with Gasteiger partial charge in [-0.1, -0.05) is 30.3 Å². The van der Waals surface area contributed by atoms with Gasteiger partial charge in [0.15, 0.2) is 0 Å². The van der Waals surface area contributed by atoms with E-state index < -0.39 is 0 Å². The number of likely N-dealkylation sites (tertiary alicyclic amines) is 1. The average Bonchev–Trinajstić information content (AvgIpc) is 2.88. The number of rotatable bonds is 4. The van der Waals surface area contributed by atoms with Gasteiger partial charge in [-0.15, -0.1) is 0 Å². The standard InChI is InChI=1S/C17H25N3O/c1-18-11-13-19(14-12-18)16-8-10-20(17(16)21)9-7-15-5-3-2-4-6-15/h2-6,16H,7-14H2,1H3. The fourth-order valence-electron chi connectivity index (χ4n) is 3.33. The molecule has 4 heteroatoms. The highest BCUT2D eigenvalue weighted by Gasteiger charge is 2.36. The Labute approximate surface area is 127 Å². The number of piperazine rings is 1. The SMILES string of the molecule is CN1CCN(C2CCN(CCc3ccccc3)C2=O)CC1. The van der Waals surface area contributed by atoms with E-state index in [1.807, 2.05) is 6.07 Å². The van der Waals surface area contributed by atoms with Gasteiger partial charge in [0.25, 0.3) is 0 Å². The van der Waals surface area contributed by atoms with Crippen LogP contribution in [0.4, 0.5) is 0 Å². The van der Waals surface area contributed by atoms with Gasteiger partial charge in [-0.2, -0.15) is 0 Å². The Hall–Kier alpha value is -1.39. The zero-order valence-electron chi connectivity index (χ0n) is 12.9. The normalized spacial score (nSPS) is 24.7. The molecule has 114 valence electrons. The summed E-state index contributed by atoms with van der Waals surface area (Å²) in [5.41, 5.74) is 1.31. The molecular formula is C17H25N3O. The molecule has 0 aliphatic carbocycles. The molecule has 0 aromatic heterocycles. The number of carbonyl (C=O) groups is 1. The Kier molecular flexibility index (Phi) is 4.56. The fourth-order valence-corrected chi connectivity index (χ4v) is 3.33. The minimum atomic E-state index is 0.134. The zero-order chi connectivity index (χ0) is 14.7. The minimum Gasteiger partial charge on any atom is -0.341 e. The summed E-state index contributed by atoms with van der Waals surface area (Å²) >= 11 is 0. The number of benzene rings is 1. The number of carbonyl (C=O) groups excluding carboxylic acids is 1. The second-order valence-electron chi connectivity index (χ2n) is 6.20. The Balaban J connectivity index is 1.52. The molecule has 1 aromatic carbocycles. The van der Waals surface area contributed by atoms with Gasteiger partial charge in [0.05, 0.1) is 6.04 Å². The van der Waals surface area contributed by atoms with Gasteiger partial charge in [-0.25, -0.2) is 0 Å². The third kappa shape index (κ3) is 3.44. The first kappa shape index (κ1) is 14.5. The summed E-state index contributed by atoms with van der Waals surface area (Å²) in [5.74, 6) is 0.343. The highest BCUT2D eigenvalue weighted by Crippen LogP contribution is 2.19. The maximum Gasteiger partial charge on any atom is 0.240 e. The summed E-state index contributed by atoms with van der Waals surface area (Å²) in [5, 5.41) is 0. The highest BCUT2D eigenvalue weighted by atomic mass is 16.2. The Morgan fingerprint density at radius 1 is 1.05 bits per heavy atom. The summed E-state index contributed by atoms with van der Waals surface area (Å²) < 4.78 is 0. The molecular weight excluding hydrogens is 262 g/mol. The largest absolute Gasteiger partial charge is 0.341 e. The van der Waals surface area contributed by atoms with Crippen molar-refractivity contribution in [3.8, 4) is 0 Å². The van der Waals surface area contributed by atoms with E-state index in [1.54, 1.807) is 0 Å². The topological polar surface area (TPSA) is 26.8 Å². The van der Waals surface area contributed by atoms with E-state index in [9.17, 15) is 4.79 Å². The lowest BCUT2D eigenvalue weighted by Gasteiger charge is -2.35. The lowest BCUT2D eigenvalue weighted by molar-refractivity contribution is -0.132. The van der Waals surface area contributed by atoms with E-state index in [-0.39, 0.29) is 6.04 Å². The lowest BCUT2D eigenvalue weighted by atomic mass is 10.1. The summed E-state index contributed by atoms with van der Waals surface area (Å²) in [6.45, 7) is 5.98. The quantitative estimate of drug-likeness (QED) is 0.829. The van der Waals surface area contributed by atoms with Gasteiger partial charge in [0, 0.05) is 39.3 Å². The molecule has 2 heterocycles. The van der Waals surface area contributed by atoms with Crippen LogP contribution >= 0.6 is 0 Å². The summed E-state index contributed by atoms with van der Waals surface area (Å²) in [4.78, 5) is 19.3. The molecule has 0 N–H and O–H groups in total. The van der Waals surface area contributed by atoms with Crippen LogP contribution in [0, 0.1) is 0 Å². The van der Waals surface area contributed by atoms with Crippen molar-refractivity contribution in [3.63, 3.8) is 0 Å². The average molecular weight is 287 g/mol. The molecule has 1 amide bonds. The number of amides is 1. The van der Waals surface area contributed by atoms with Crippen molar-refractivity contribution < 1.29 is 4.79 Å². The highest BCUT2D eigenvalue weighted by molar-refractivity contribution is 5.84. The van der Waals surface area contributed by atoms with Crippen LogP contribution in [0.2, 0.25) is 0 Å². The molecule has 1 unspecified atom stereocenters. The fraction of sp³-hybridized carbons (Fsp3) is 0.588. The maximum absolute atomic E-state index is 12.6. The van der Waals surface area contributed by atoms with E-state index >= 15 is 0 Å². The second kappa shape index (κ2) is 6.58. The molecule has 0 bridgehead atoms. The van der Waals surface area contributed by atoms with Crippen molar-refractivity contribution in [2.75, 3.05) is 46.3 Å². The van der Waals surface area contributed by atoms with Crippen LogP contribution in [-0.4, -0.2) is 73.0 Å². The number of hydrogen-bond acceptors (Lipinski definition) is 3. The second-order valence-corrected chi connectivity index (χ2v) is 6.20. The van der Waals surface area contributed by atoms with Crippen LogP contribution in [-0.2, 0) is 11.2 Å². The summed E-state index contributed by atoms with van der Waals surface area (Å²) in [6.07, 6.45) is 1.96. The molecule has 2 fully saturated rings. The molecule has 2 aliphatic rings. The molecule has 2 aliphatic heterocycles. The summed E-state index contributed by atoms with van der Waals surface area (Å²) in [6, 6.07) is 10.6. The van der Waals surface area contributed by atoms with Crippen LogP contribution in [0.5, 0.6) is 0 Å². The van der Waals surface area contributed by atoms with E-state index in [2.05, 4.69) is 46.0 Å². The molecule has 21 heavy (non-hydrogen) atoms. The lowest BCUT2D eigenvalue weighted by Crippen LogP contribution is -2.51. The maximum atomic E-state index is 12.6. The first-order valence-corrected chi connectivity index (χ1v) is 7.99. The van der Waals surface area contributed by atoms with Crippen molar-refractivity contribution in [3.05, 3.63) is 35.9 Å². The van der Waals surface area contributed by atoms with E-state index in [0.29, 0.717) is 5.91 Å². The molecule has 0 saturated carbocycles. The molecule has 4 nitrogen and oxygen atoms in total. The van der Waals surface area contributed by atoms with Crippen LogP contribution in [0.3, 0.4) is 0 Å². The first-order chi connectivity index (χ1) is 10.2. The summed E-state index contributed by atoms with van der Waals surface area (Å²) in [7, 11) is 2.15. The molecule has 0 spiro atoms. The Bertz CT molecular complexity index is 468. The molecule has 1 aromatic rings. The Morgan fingerprint density at radius 2 is 1.76 bits per heavy atom. The van der Waals surface area contributed by atoms with Crippen LogP contribution in [0.1, 0.15) is 12.0 Å². The molecule has 3 rings (SSSR count). The smallest absolute Gasteiger partial charge is 0.240 e. The monoisotopic (exact) mass is 287 g/mol. The van der Waals surface area contributed by atoms with Crippen molar-refractivity contribution in [1.82, 2.24) is 14.7 Å². The zero-order valence-corrected chi connectivity index (χ0v) is 12.9. The molecule has 1 atom stereocenters. The van der Waals surface area contributed by atoms with Crippen molar-refractivity contribution in [2.24, 2.45) is 0 Å². The van der Waals surface area contributed by atoms with Gasteiger partial charge in [0.2, 0.25) is 5.91 Å². The van der Waals surface area contributed by atoms with E-state index in [1.165, 1.54) is 5.56 Å². The van der Waals surface area contributed by atoms with Crippen LogP contribution < -0.4 is 0 Å². The number of likely N-dealkylation sites (N-methyl/N-ethyl adjacent to an activating group) is 1. The minimum absolute atomic E-state index is 0.134. The van der Waals surface area contributed by atoms with Gasteiger partial charge >= 0.3 is 0 Å². The van der Waals surface area contributed by atoms with Gasteiger partial charge < -0.3 is 9.80 Å². The van der Waals surface area contributed by atoms with Crippen molar-refractivity contribution in [2.45, 2.75) is 18.9 Å². The van der Waals surface area contributed by atoms with Crippen molar-refractivity contribution >= 4 is 5.91 Å². The predicted octanol–water partition coefficient (Wildman–Crippen LogP) is 1.08. The number of hydrogen-bond donors (Lipinski definition) is 0. The van der Waals surface area contributed by atoms with Crippen molar-refractivity contribution in [1.29, 1.82) is 0 Å².